The Morgan fingerprint density at radius 1 is 0.290 bits per heavy atom. The van der Waals surface area contributed by atoms with Crippen molar-refractivity contribution in [3.8, 4) is 0 Å². The molecular formula is C74H144O17P2. The molecule has 19 heteroatoms. The SMILES string of the molecule is CCCCCCCCCCCCCCCC(=O)O[C@H](COC(=O)CCCCCCCCCC(C)C)COP(=O)(O)OC[C@H](O)COP(=O)(O)OC[C@@H](COC(=O)CCCCCCCCCCCCCC(C)C)OC(=O)CCCCCCCCCCCCCCCC(C)C. The van der Waals surface area contributed by atoms with E-state index in [1.54, 1.807) is 0 Å². The van der Waals surface area contributed by atoms with Crippen LogP contribution in [0.3, 0.4) is 0 Å². The van der Waals surface area contributed by atoms with E-state index in [9.17, 15) is 43.2 Å². The summed E-state index contributed by atoms with van der Waals surface area (Å²) in [6.07, 6.45) is 49.9. The summed E-state index contributed by atoms with van der Waals surface area (Å²) in [7, 11) is -9.91. The van der Waals surface area contributed by atoms with Crippen LogP contribution in [0.15, 0.2) is 0 Å². The van der Waals surface area contributed by atoms with Gasteiger partial charge in [0.1, 0.15) is 19.3 Å². The van der Waals surface area contributed by atoms with Crippen LogP contribution in [0.25, 0.3) is 0 Å². The summed E-state index contributed by atoms with van der Waals surface area (Å²) in [4.78, 5) is 72.7. The molecule has 0 spiro atoms. The van der Waals surface area contributed by atoms with Crippen molar-refractivity contribution in [2.24, 2.45) is 17.8 Å². The molecule has 17 nitrogen and oxygen atoms in total. The van der Waals surface area contributed by atoms with Crippen molar-refractivity contribution in [1.82, 2.24) is 0 Å². The fourth-order valence-corrected chi connectivity index (χ4v) is 12.8. The summed E-state index contributed by atoms with van der Waals surface area (Å²) < 4.78 is 68.5. The number of esters is 4. The molecule has 0 rings (SSSR count). The zero-order valence-corrected chi connectivity index (χ0v) is 62.5. The number of phosphoric acid groups is 2. The molecule has 93 heavy (non-hydrogen) atoms. The minimum Gasteiger partial charge on any atom is -0.462 e. The number of carbonyl (C=O) groups excluding carboxylic acids is 4. The van der Waals surface area contributed by atoms with Gasteiger partial charge >= 0.3 is 39.5 Å². The zero-order valence-electron chi connectivity index (χ0n) is 60.7. The maximum absolute atomic E-state index is 13.1. The molecule has 0 radical (unpaired) electrons. The average Bonchev–Trinajstić information content (AvgIpc) is 2.64. The van der Waals surface area contributed by atoms with Crippen LogP contribution in [0.4, 0.5) is 0 Å². The average molecular weight is 1370 g/mol. The molecule has 0 aromatic rings. The summed E-state index contributed by atoms with van der Waals surface area (Å²) >= 11 is 0. The number of phosphoric ester groups is 2. The normalized spacial score (nSPS) is 14.1. The van der Waals surface area contributed by atoms with Gasteiger partial charge in [-0.25, -0.2) is 9.13 Å². The van der Waals surface area contributed by atoms with Crippen LogP contribution in [0, 0.1) is 17.8 Å². The number of ether oxygens (including phenoxy) is 4. The highest BCUT2D eigenvalue weighted by atomic mass is 31.2. The number of rotatable bonds is 72. The van der Waals surface area contributed by atoms with Crippen molar-refractivity contribution in [3.63, 3.8) is 0 Å². The van der Waals surface area contributed by atoms with Gasteiger partial charge in [-0.15, -0.1) is 0 Å². The minimum atomic E-state index is -4.96. The van der Waals surface area contributed by atoms with Gasteiger partial charge in [-0.1, -0.05) is 325 Å². The summed E-state index contributed by atoms with van der Waals surface area (Å²) in [5, 5.41) is 10.6. The Labute approximate surface area is 568 Å². The van der Waals surface area contributed by atoms with Gasteiger partial charge in [0.2, 0.25) is 0 Å². The Kier molecular flexibility index (Phi) is 63.4. The number of carbonyl (C=O) groups is 4. The summed E-state index contributed by atoms with van der Waals surface area (Å²) in [6, 6.07) is 0. The Bertz CT molecular complexity index is 1820. The molecule has 0 saturated carbocycles. The van der Waals surface area contributed by atoms with Gasteiger partial charge in [0.05, 0.1) is 26.4 Å². The zero-order chi connectivity index (χ0) is 68.7. The van der Waals surface area contributed by atoms with Crippen molar-refractivity contribution in [3.05, 3.63) is 0 Å². The highest BCUT2D eigenvalue weighted by Crippen LogP contribution is 2.45. The third-order valence-electron chi connectivity index (χ3n) is 17.1. The molecule has 0 aliphatic carbocycles. The first-order valence-corrected chi connectivity index (χ1v) is 41.3. The molecule has 0 saturated heterocycles. The van der Waals surface area contributed by atoms with Crippen molar-refractivity contribution in [2.45, 2.75) is 394 Å². The van der Waals surface area contributed by atoms with E-state index < -0.39 is 97.5 Å². The maximum Gasteiger partial charge on any atom is 0.472 e. The first kappa shape index (κ1) is 91.1. The lowest BCUT2D eigenvalue weighted by Gasteiger charge is -2.21. The van der Waals surface area contributed by atoms with Crippen LogP contribution in [0.5, 0.6) is 0 Å². The summed E-state index contributed by atoms with van der Waals surface area (Å²) in [5.74, 6) is 0.143. The second-order valence-corrected chi connectivity index (χ2v) is 31.0. The number of unbranched alkanes of at least 4 members (excludes halogenated alkanes) is 40. The predicted molar refractivity (Wildman–Crippen MR) is 377 cm³/mol. The number of aliphatic hydroxyl groups excluding tert-OH is 1. The second-order valence-electron chi connectivity index (χ2n) is 28.1. The molecule has 0 heterocycles. The van der Waals surface area contributed by atoms with Gasteiger partial charge in [-0.3, -0.25) is 37.3 Å². The lowest BCUT2D eigenvalue weighted by Crippen LogP contribution is -2.30. The molecule has 552 valence electrons. The van der Waals surface area contributed by atoms with Crippen LogP contribution in [-0.2, 0) is 65.4 Å². The monoisotopic (exact) mass is 1370 g/mol. The predicted octanol–water partition coefficient (Wildman–Crippen LogP) is 21.4. The Hall–Kier alpha value is -1.94. The van der Waals surface area contributed by atoms with E-state index in [0.29, 0.717) is 31.6 Å². The molecule has 0 bridgehead atoms. The number of hydrogen-bond donors (Lipinski definition) is 3. The molecule has 5 atom stereocenters. The largest absolute Gasteiger partial charge is 0.472 e. The Morgan fingerprint density at radius 2 is 0.495 bits per heavy atom. The summed E-state index contributed by atoms with van der Waals surface area (Å²) in [6.45, 7) is 11.9. The first-order chi connectivity index (χ1) is 44.7. The van der Waals surface area contributed by atoms with Crippen LogP contribution >= 0.6 is 15.6 Å². The van der Waals surface area contributed by atoms with Gasteiger partial charge in [0.15, 0.2) is 12.2 Å². The van der Waals surface area contributed by atoms with Crippen LogP contribution in [0.2, 0.25) is 0 Å². The smallest absolute Gasteiger partial charge is 0.462 e. The lowest BCUT2D eigenvalue weighted by molar-refractivity contribution is -0.161. The fraction of sp³-hybridized carbons (Fsp3) is 0.946. The molecule has 0 aromatic carbocycles. The second kappa shape index (κ2) is 64.7. The van der Waals surface area contributed by atoms with Gasteiger partial charge in [-0.05, 0) is 43.4 Å². The molecule has 0 aliphatic heterocycles. The third-order valence-corrected chi connectivity index (χ3v) is 19.0. The molecular weight excluding hydrogens is 1220 g/mol. The molecule has 2 unspecified atom stereocenters. The highest BCUT2D eigenvalue weighted by molar-refractivity contribution is 7.47. The number of aliphatic hydroxyl groups is 1. The standard InChI is InChI=1S/C74H144O17P2/c1-8-9-10-11-12-13-14-16-22-28-35-43-50-57-73(78)91-70(62-85-72(77)56-49-42-37-30-33-40-47-54-67(6)7)64-89-93(82,83)87-60-68(75)59-86-92(80,81)88-63-69(61-84-71(76)55-48-41-34-27-24-19-21-26-32-39-46-53-66(4)5)90-74(79)58-51-44-36-29-23-18-15-17-20-25-31-38-45-52-65(2)3/h65-70,75H,8-64H2,1-7H3,(H,80,81)(H,82,83)/t68-,69-,70-/m1/s1. The first-order valence-electron chi connectivity index (χ1n) is 38.3. The van der Waals surface area contributed by atoms with Crippen LogP contribution < -0.4 is 0 Å². The van der Waals surface area contributed by atoms with Crippen LogP contribution in [0.1, 0.15) is 376 Å². The van der Waals surface area contributed by atoms with Crippen molar-refractivity contribution < 1.29 is 80.2 Å². The molecule has 3 N–H and O–H groups in total. The van der Waals surface area contributed by atoms with E-state index in [4.69, 9.17) is 37.0 Å². The van der Waals surface area contributed by atoms with E-state index in [1.165, 1.54) is 180 Å². The Morgan fingerprint density at radius 3 is 0.731 bits per heavy atom. The van der Waals surface area contributed by atoms with Gasteiger partial charge in [-0.2, -0.15) is 0 Å². The van der Waals surface area contributed by atoms with E-state index in [1.807, 2.05) is 0 Å². The molecule has 0 aromatic heterocycles. The highest BCUT2D eigenvalue weighted by Gasteiger charge is 2.30. The molecule has 0 aliphatic rings. The van der Waals surface area contributed by atoms with E-state index in [-0.39, 0.29) is 25.7 Å². The van der Waals surface area contributed by atoms with Gasteiger partial charge < -0.3 is 33.8 Å². The van der Waals surface area contributed by atoms with Crippen molar-refractivity contribution in [2.75, 3.05) is 39.6 Å². The quantitative estimate of drug-likeness (QED) is 0.0222. The molecule has 0 fully saturated rings. The van der Waals surface area contributed by atoms with Crippen molar-refractivity contribution in [1.29, 1.82) is 0 Å². The minimum absolute atomic E-state index is 0.107. The summed E-state index contributed by atoms with van der Waals surface area (Å²) in [5.41, 5.74) is 0. The van der Waals surface area contributed by atoms with Crippen LogP contribution in [-0.4, -0.2) is 96.7 Å². The van der Waals surface area contributed by atoms with Crippen molar-refractivity contribution >= 4 is 39.5 Å². The van der Waals surface area contributed by atoms with E-state index >= 15 is 0 Å². The topological polar surface area (TPSA) is 237 Å². The fourth-order valence-electron chi connectivity index (χ4n) is 11.2. The molecule has 0 amide bonds. The van der Waals surface area contributed by atoms with Gasteiger partial charge in [0, 0.05) is 25.7 Å². The van der Waals surface area contributed by atoms with Gasteiger partial charge in [0.25, 0.3) is 0 Å². The van der Waals surface area contributed by atoms with E-state index in [0.717, 1.165) is 108 Å². The maximum atomic E-state index is 13.1. The number of hydrogen-bond acceptors (Lipinski definition) is 15. The Balaban J connectivity index is 5.26. The van der Waals surface area contributed by atoms with E-state index in [2.05, 4.69) is 48.5 Å². The lowest BCUT2D eigenvalue weighted by atomic mass is 10.0. The third kappa shape index (κ3) is 68.4.